The molecule has 2 aliphatic rings. The molecule has 3 heteroatoms. The standard InChI is InChI=1S/C13H26N2O/c1-11-9-13(5-8-16-11)15-6-3-12(4-7-15)10-14-2/h11-14H,3-10H2,1-2H3. The van der Waals surface area contributed by atoms with E-state index < -0.39 is 0 Å². The number of ether oxygens (including phenoxy) is 1. The van der Waals surface area contributed by atoms with Crippen molar-refractivity contribution in [1.29, 1.82) is 0 Å². The Balaban J connectivity index is 1.75. The third kappa shape index (κ3) is 3.19. The summed E-state index contributed by atoms with van der Waals surface area (Å²) in [5, 5.41) is 3.30. The van der Waals surface area contributed by atoms with E-state index in [0.29, 0.717) is 6.10 Å². The van der Waals surface area contributed by atoms with Crippen molar-refractivity contribution in [3.05, 3.63) is 0 Å². The number of hydrogen-bond donors (Lipinski definition) is 1. The van der Waals surface area contributed by atoms with Crippen LogP contribution in [0, 0.1) is 5.92 Å². The van der Waals surface area contributed by atoms with Gasteiger partial charge in [-0.25, -0.2) is 0 Å². The molecule has 2 saturated heterocycles. The SMILES string of the molecule is CNCC1CCN(C2CCOC(C)C2)CC1. The zero-order valence-corrected chi connectivity index (χ0v) is 10.7. The van der Waals surface area contributed by atoms with Crippen molar-refractivity contribution in [3.8, 4) is 0 Å². The molecule has 0 bridgehead atoms. The van der Waals surface area contributed by atoms with Crippen LogP contribution in [0.5, 0.6) is 0 Å². The zero-order chi connectivity index (χ0) is 11.4. The molecule has 2 rings (SSSR count). The Morgan fingerprint density at radius 2 is 2.00 bits per heavy atom. The molecule has 0 spiro atoms. The molecule has 2 unspecified atom stereocenters. The van der Waals surface area contributed by atoms with Gasteiger partial charge in [-0.15, -0.1) is 0 Å². The van der Waals surface area contributed by atoms with Crippen LogP contribution in [0.25, 0.3) is 0 Å². The first-order valence-corrected chi connectivity index (χ1v) is 6.80. The van der Waals surface area contributed by atoms with Crippen molar-refractivity contribution in [2.45, 2.75) is 44.8 Å². The van der Waals surface area contributed by atoms with Crippen LogP contribution in [-0.2, 0) is 4.74 Å². The smallest absolute Gasteiger partial charge is 0.0561 e. The fourth-order valence-electron chi connectivity index (χ4n) is 3.12. The van der Waals surface area contributed by atoms with Crippen molar-refractivity contribution < 1.29 is 4.74 Å². The predicted octanol–water partition coefficient (Wildman–Crippen LogP) is 1.49. The van der Waals surface area contributed by atoms with Crippen LogP contribution in [-0.4, -0.2) is 50.3 Å². The molecular formula is C13H26N2O. The monoisotopic (exact) mass is 226 g/mol. The van der Waals surface area contributed by atoms with Crippen molar-refractivity contribution in [1.82, 2.24) is 10.2 Å². The number of nitrogens with one attached hydrogen (secondary N) is 1. The predicted molar refractivity (Wildman–Crippen MR) is 66.7 cm³/mol. The van der Waals surface area contributed by atoms with Gasteiger partial charge in [0.2, 0.25) is 0 Å². The lowest BCUT2D eigenvalue weighted by Gasteiger charge is -2.40. The topological polar surface area (TPSA) is 24.5 Å². The Bertz CT molecular complexity index is 202. The third-order valence-electron chi connectivity index (χ3n) is 4.12. The molecule has 94 valence electrons. The summed E-state index contributed by atoms with van der Waals surface area (Å²) in [6.45, 7) is 6.95. The molecular weight excluding hydrogens is 200 g/mol. The molecule has 0 aromatic heterocycles. The van der Waals surface area contributed by atoms with E-state index in [1.165, 1.54) is 45.3 Å². The highest BCUT2D eigenvalue weighted by molar-refractivity contribution is 4.82. The van der Waals surface area contributed by atoms with Gasteiger partial charge in [0.15, 0.2) is 0 Å². The maximum atomic E-state index is 5.62. The van der Waals surface area contributed by atoms with Crippen LogP contribution >= 0.6 is 0 Å². The summed E-state index contributed by atoms with van der Waals surface area (Å²) in [7, 11) is 2.06. The third-order valence-corrected chi connectivity index (χ3v) is 4.12. The van der Waals surface area contributed by atoms with Gasteiger partial charge >= 0.3 is 0 Å². The van der Waals surface area contributed by atoms with Gasteiger partial charge in [0.1, 0.15) is 0 Å². The first kappa shape index (κ1) is 12.3. The van der Waals surface area contributed by atoms with Crippen molar-refractivity contribution >= 4 is 0 Å². The number of likely N-dealkylation sites (tertiary alicyclic amines) is 1. The Labute approximate surface area is 99.5 Å². The van der Waals surface area contributed by atoms with Crippen LogP contribution in [0.4, 0.5) is 0 Å². The highest BCUT2D eigenvalue weighted by atomic mass is 16.5. The number of rotatable bonds is 3. The highest BCUT2D eigenvalue weighted by Gasteiger charge is 2.28. The highest BCUT2D eigenvalue weighted by Crippen LogP contribution is 2.24. The number of hydrogen-bond acceptors (Lipinski definition) is 3. The average Bonchev–Trinajstić information content (AvgIpc) is 2.30. The van der Waals surface area contributed by atoms with E-state index >= 15 is 0 Å². The lowest BCUT2D eigenvalue weighted by atomic mass is 9.93. The summed E-state index contributed by atoms with van der Waals surface area (Å²) in [4.78, 5) is 2.70. The van der Waals surface area contributed by atoms with Crippen molar-refractivity contribution in [2.75, 3.05) is 33.3 Å². The van der Waals surface area contributed by atoms with Crippen molar-refractivity contribution in [3.63, 3.8) is 0 Å². The maximum absolute atomic E-state index is 5.62. The largest absolute Gasteiger partial charge is 0.378 e. The fourth-order valence-corrected chi connectivity index (χ4v) is 3.12. The van der Waals surface area contributed by atoms with Crippen LogP contribution < -0.4 is 5.32 Å². The Morgan fingerprint density at radius 3 is 2.62 bits per heavy atom. The van der Waals surface area contributed by atoms with Gasteiger partial charge < -0.3 is 15.0 Å². The van der Waals surface area contributed by atoms with E-state index in [1.807, 2.05) is 0 Å². The van der Waals surface area contributed by atoms with Gasteiger partial charge in [-0.05, 0) is 65.2 Å². The lowest BCUT2D eigenvalue weighted by Crippen LogP contribution is -2.46. The van der Waals surface area contributed by atoms with E-state index in [4.69, 9.17) is 4.74 Å². The van der Waals surface area contributed by atoms with Gasteiger partial charge in [0.25, 0.3) is 0 Å². The molecule has 2 atom stereocenters. The Morgan fingerprint density at radius 1 is 1.25 bits per heavy atom. The van der Waals surface area contributed by atoms with Crippen LogP contribution in [0.15, 0.2) is 0 Å². The van der Waals surface area contributed by atoms with Gasteiger partial charge in [0, 0.05) is 12.6 Å². The molecule has 1 N–H and O–H groups in total. The molecule has 2 heterocycles. The van der Waals surface area contributed by atoms with Crippen LogP contribution in [0.1, 0.15) is 32.6 Å². The van der Waals surface area contributed by atoms with E-state index in [0.717, 1.165) is 18.6 Å². The average molecular weight is 226 g/mol. The minimum absolute atomic E-state index is 0.466. The van der Waals surface area contributed by atoms with Crippen molar-refractivity contribution in [2.24, 2.45) is 5.92 Å². The second-order valence-electron chi connectivity index (χ2n) is 5.40. The molecule has 0 aliphatic carbocycles. The van der Waals surface area contributed by atoms with Gasteiger partial charge in [-0.1, -0.05) is 0 Å². The molecule has 0 radical (unpaired) electrons. The summed E-state index contributed by atoms with van der Waals surface area (Å²) < 4.78 is 5.62. The molecule has 0 amide bonds. The van der Waals surface area contributed by atoms with Crippen LogP contribution in [0.2, 0.25) is 0 Å². The summed E-state index contributed by atoms with van der Waals surface area (Å²) in [6, 6.07) is 0.791. The first-order valence-electron chi connectivity index (χ1n) is 6.80. The Hall–Kier alpha value is -0.120. The number of nitrogens with zero attached hydrogens (tertiary/aromatic N) is 1. The molecule has 0 aromatic carbocycles. The quantitative estimate of drug-likeness (QED) is 0.789. The summed E-state index contributed by atoms with van der Waals surface area (Å²) >= 11 is 0. The molecule has 2 fully saturated rings. The normalized spacial score (nSPS) is 34.1. The van der Waals surface area contributed by atoms with E-state index in [9.17, 15) is 0 Å². The lowest BCUT2D eigenvalue weighted by molar-refractivity contribution is -0.0245. The van der Waals surface area contributed by atoms with Gasteiger partial charge in [-0.2, -0.15) is 0 Å². The minimum Gasteiger partial charge on any atom is -0.378 e. The van der Waals surface area contributed by atoms with E-state index in [-0.39, 0.29) is 0 Å². The molecule has 2 aliphatic heterocycles. The summed E-state index contributed by atoms with van der Waals surface area (Å²) in [5.41, 5.74) is 0. The van der Waals surface area contributed by atoms with Gasteiger partial charge in [0.05, 0.1) is 6.10 Å². The second kappa shape index (κ2) is 5.99. The maximum Gasteiger partial charge on any atom is 0.0561 e. The van der Waals surface area contributed by atoms with Crippen LogP contribution in [0.3, 0.4) is 0 Å². The van der Waals surface area contributed by atoms with E-state index in [2.05, 4.69) is 24.2 Å². The summed E-state index contributed by atoms with van der Waals surface area (Å²) in [5.74, 6) is 0.901. The fraction of sp³-hybridized carbons (Fsp3) is 1.00. The molecule has 3 nitrogen and oxygen atoms in total. The van der Waals surface area contributed by atoms with Gasteiger partial charge in [-0.3, -0.25) is 0 Å². The summed E-state index contributed by atoms with van der Waals surface area (Å²) in [6.07, 6.45) is 5.67. The Kier molecular flexibility index (Phi) is 4.62. The molecule has 16 heavy (non-hydrogen) atoms. The molecule has 0 saturated carbocycles. The number of piperidine rings is 1. The second-order valence-corrected chi connectivity index (χ2v) is 5.40. The molecule has 0 aromatic rings. The van der Waals surface area contributed by atoms with E-state index in [1.54, 1.807) is 0 Å². The minimum atomic E-state index is 0.466. The first-order chi connectivity index (χ1) is 7.79. The zero-order valence-electron chi connectivity index (χ0n) is 10.7.